The molecule has 0 saturated carbocycles. The van der Waals surface area contributed by atoms with Crippen molar-refractivity contribution in [3.05, 3.63) is 107 Å². The molecule has 176 valence electrons. The topological polar surface area (TPSA) is 54.2 Å². The minimum atomic E-state index is -0.527. The second-order valence-corrected chi connectivity index (χ2v) is 8.94. The Morgan fingerprint density at radius 1 is 0.914 bits per heavy atom. The van der Waals surface area contributed by atoms with Crippen molar-refractivity contribution in [3.63, 3.8) is 0 Å². The molecule has 0 fully saturated rings. The van der Waals surface area contributed by atoms with Gasteiger partial charge in [-0.3, -0.25) is 4.90 Å². The number of nitrogens with one attached hydrogen (secondary N) is 1. The van der Waals surface area contributed by atoms with E-state index in [2.05, 4.69) is 21.5 Å². The zero-order chi connectivity index (χ0) is 24.7. The predicted molar refractivity (Wildman–Crippen MR) is 136 cm³/mol. The van der Waals surface area contributed by atoms with Gasteiger partial charge in [-0.15, -0.1) is 0 Å². The zero-order valence-electron chi connectivity index (χ0n) is 19.3. The first kappa shape index (κ1) is 22.9. The third-order valence-electron chi connectivity index (χ3n) is 5.87. The van der Waals surface area contributed by atoms with E-state index in [1.54, 1.807) is 18.2 Å². The van der Waals surface area contributed by atoms with E-state index in [0.29, 0.717) is 21.8 Å². The van der Waals surface area contributed by atoms with Crippen molar-refractivity contribution in [2.75, 3.05) is 4.90 Å². The lowest BCUT2D eigenvalue weighted by Gasteiger charge is -2.37. The molecule has 0 saturated heterocycles. The third kappa shape index (κ3) is 4.44. The monoisotopic (exact) mass is 488 g/mol. The smallest absolute Gasteiger partial charge is 0.258 e. The lowest BCUT2D eigenvalue weighted by molar-refractivity contribution is 0.404. The Kier molecular flexibility index (Phi) is 5.90. The fraction of sp³-hybridized carbons (Fsp3) is 0.148. The molecule has 0 spiro atoms. The quantitative estimate of drug-likeness (QED) is 0.331. The summed E-state index contributed by atoms with van der Waals surface area (Å²) in [7, 11) is 0. The molecule has 8 heteroatoms. The van der Waals surface area contributed by atoms with E-state index in [4.69, 9.17) is 16.7 Å². The van der Waals surface area contributed by atoms with E-state index >= 15 is 0 Å². The number of hydrogen-bond donors (Lipinski definition) is 1. The van der Waals surface area contributed by atoms with E-state index in [1.165, 1.54) is 24.3 Å². The van der Waals surface area contributed by atoms with Gasteiger partial charge in [0.1, 0.15) is 11.6 Å². The first-order valence-corrected chi connectivity index (χ1v) is 11.5. The number of aryl methyl sites for hydroxylation is 2. The van der Waals surface area contributed by atoms with Crippen LogP contribution in [0.1, 0.15) is 35.5 Å². The van der Waals surface area contributed by atoms with Gasteiger partial charge in [-0.2, -0.15) is 4.98 Å². The summed E-state index contributed by atoms with van der Waals surface area (Å²) in [6.07, 6.45) is 0. The largest absolute Gasteiger partial charge is 0.351 e. The van der Waals surface area contributed by atoms with Crippen molar-refractivity contribution in [1.29, 1.82) is 0 Å². The standard InChI is InChI=1S/C27H22F2N4OS/c1-15-10-16(2)12-22(11-15)33-17(3)23(24(30-27(33)35)18-6-4-8-20(28)13-18)26-31-25(32-34-26)19-7-5-9-21(29)14-19/h4-14,24H,1-3H3,(H,30,35). The van der Waals surface area contributed by atoms with Gasteiger partial charge in [0.25, 0.3) is 5.89 Å². The van der Waals surface area contributed by atoms with Gasteiger partial charge < -0.3 is 9.84 Å². The van der Waals surface area contributed by atoms with Crippen LogP contribution in [0.5, 0.6) is 0 Å². The Bertz CT molecular complexity index is 1460. The molecule has 0 amide bonds. The molecule has 4 aromatic rings. The van der Waals surface area contributed by atoms with E-state index in [0.717, 1.165) is 22.5 Å². The van der Waals surface area contributed by atoms with Gasteiger partial charge in [-0.1, -0.05) is 35.5 Å². The van der Waals surface area contributed by atoms with Crippen LogP contribution in [0.4, 0.5) is 14.5 Å². The number of nitrogens with zero attached hydrogens (tertiary/aromatic N) is 3. The normalized spacial score (nSPS) is 16.0. The predicted octanol–water partition coefficient (Wildman–Crippen LogP) is 6.50. The van der Waals surface area contributed by atoms with Crippen LogP contribution in [0, 0.1) is 25.5 Å². The lowest BCUT2D eigenvalue weighted by Crippen LogP contribution is -2.46. The summed E-state index contributed by atoms with van der Waals surface area (Å²) in [5.41, 5.74) is 5.64. The Morgan fingerprint density at radius 2 is 1.60 bits per heavy atom. The van der Waals surface area contributed by atoms with Crippen molar-refractivity contribution < 1.29 is 13.3 Å². The zero-order valence-corrected chi connectivity index (χ0v) is 20.2. The summed E-state index contributed by atoms with van der Waals surface area (Å²) in [5.74, 6) is -0.271. The number of rotatable bonds is 4. The Morgan fingerprint density at radius 3 is 2.29 bits per heavy atom. The minimum Gasteiger partial charge on any atom is -0.351 e. The molecule has 1 aromatic heterocycles. The maximum atomic E-state index is 14.2. The molecule has 3 aromatic carbocycles. The van der Waals surface area contributed by atoms with Gasteiger partial charge in [0.15, 0.2) is 5.11 Å². The van der Waals surface area contributed by atoms with Crippen LogP contribution in [0.25, 0.3) is 17.0 Å². The molecule has 1 aliphatic heterocycles. The van der Waals surface area contributed by atoms with Crippen molar-refractivity contribution in [2.24, 2.45) is 0 Å². The highest BCUT2D eigenvalue weighted by atomic mass is 32.1. The van der Waals surface area contributed by atoms with Gasteiger partial charge in [0, 0.05) is 16.9 Å². The van der Waals surface area contributed by atoms with E-state index in [-0.39, 0.29) is 17.5 Å². The SMILES string of the molecule is CC1=C(c2nc(-c3cccc(F)c3)no2)C(c2cccc(F)c2)NC(=S)N1c1cc(C)cc(C)c1. The number of anilines is 1. The highest BCUT2D eigenvalue weighted by Crippen LogP contribution is 2.39. The molecular weight excluding hydrogens is 466 g/mol. The maximum Gasteiger partial charge on any atom is 0.258 e. The number of hydrogen-bond acceptors (Lipinski definition) is 4. The number of allylic oxidation sites excluding steroid dienone is 1. The molecule has 1 atom stereocenters. The molecule has 35 heavy (non-hydrogen) atoms. The molecule has 1 N–H and O–H groups in total. The Labute approximate surface area is 207 Å². The van der Waals surface area contributed by atoms with Crippen LogP contribution in [0.15, 0.2) is 77.0 Å². The molecule has 1 aliphatic rings. The summed E-state index contributed by atoms with van der Waals surface area (Å²) in [6.45, 7) is 5.96. The number of aromatic nitrogens is 2. The van der Waals surface area contributed by atoms with Crippen molar-refractivity contribution in [1.82, 2.24) is 15.5 Å². The second kappa shape index (κ2) is 9.03. The number of halogens is 2. The summed E-state index contributed by atoms with van der Waals surface area (Å²) >= 11 is 5.76. The van der Waals surface area contributed by atoms with Crippen LogP contribution in [-0.4, -0.2) is 15.3 Å². The van der Waals surface area contributed by atoms with E-state index in [1.807, 2.05) is 43.9 Å². The molecule has 0 aliphatic carbocycles. The Balaban J connectivity index is 1.68. The van der Waals surface area contributed by atoms with Crippen LogP contribution in [0.3, 0.4) is 0 Å². The van der Waals surface area contributed by atoms with Crippen LogP contribution < -0.4 is 10.2 Å². The Hall–Kier alpha value is -3.91. The van der Waals surface area contributed by atoms with Gasteiger partial charge in [-0.25, -0.2) is 8.78 Å². The molecule has 5 rings (SSSR count). The fourth-order valence-corrected chi connectivity index (χ4v) is 4.78. The average Bonchev–Trinajstić information content (AvgIpc) is 3.28. The van der Waals surface area contributed by atoms with Crippen molar-refractivity contribution in [3.8, 4) is 11.4 Å². The van der Waals surface area contributed by atoms with Crippen LogP contribution in [0.2, 0.25) is 0 Å². The summed E-state index contributed by atoms with van der Waals surface area (Å²) < 4.78 is 33.6. The molecule has 5 nitrogen and oxygen atoms in total. The third-order valence-corrected chi connectivity index (χ3v) is 6.17. The maximum absolute atomic E-state index is 14.2. The fourth-order valence-electron chi connectivity index (χ4n) is 4.42. The van der Waals surface area contributed by atoms with Crippen LogP contribution >= 0.6 is 12.2 Å². The van der Waals surface area contributed by atoms with Gasteiger partial charge in [0.2, 0.25) is 5.82 Å². The first-order chi connectivity index (χ1) is 16.8. The van der Waals surface area contributed by atoms with E-state index in [9.17, 15) is 8.78 Å². The molecule has 1 unspecified atom stereocenters. The first-order valence-electron chi connectivity index (χ1n) is 11.1. The number of thiocarbonyl (C=S) groups is 1. The highest BCUT2D eigenvalue weighted by molar-refractivity contribution is 7.80. The lowest BCUT2D eigenvalue weighted by atomic mass is 9.94. The van der Waals surface area contributed by atoms with Crippen molar-refractivity contribution >= 4 is 28.6 Å². The van der Waals surface area contributed by atoms with Crippen LogP contribution in [-0.2, 0) is 0 Å². The summed E-state index contributed by atoms with van der Waals surface area (Å²) in [6, 6.07) is 17.9. The van der Waals surface area contributed by atoms with Crippen molar-refractivity contribution in [2.45, 2.75) is 26.8 Å². The molecule has 0 bridgehead atoms. The average molecular weight is 489 g/mol. The second-order valence-electron chi connectivity index (χ2n) is 8.55. The highest BCUT2D eigenvalue weighted by Gasteiger charge is 2.35. The van der Waals surface area contributed by atoms with Gasteiger partial charge in [0.05, 0.1) is 11.6 Å². The van der Waals surface area contributed by atoms with E-state index < -0.39 is 11.9 Å². The van der Waals surface area contributed by atoms with Gasteiger partial charge in [-0.05, 0) is 86.1 Å². The summed E-state index contributed by atoms with van der Waals surface area (Å²) in [4.78, 5) is 6.49. The molecule has 2 heterocycles. The molecular formula is C27H22F2N4OS. The molecule has 0 radical (unpaired) electrons. The van der Waals surface area contributed by atoms with Gasteiger partial charge >= 0.3 is 0 Å². The summed E-state index contributed by atoms with van der Waals surface area (Å²) in [5, 5.41) is 7.89. The minimum absolute atomic E-state index is 0.236. The number of benzene rings is 3.